The van der Waals surface area contributed by atoms with E-state index in [2.05, 4.69) is 10.6 Å². The predicted molar refractivity (Wildman–Crippen MR) is 73.9 cm³/mol. The van der Waals surface area contributed by atoms with Gasteiger partial charge in [0, 0.05) is 12.2 Å². The van der Waals surface area contributed by atoms with Crippen molar-refractivity contribution in [2.45, 2.75) is 26.4 Å². The molecule has 5 heteroatoms. The lowest BCUT2D eigenvalue weighted by Gasteiger charge is -2.33. The van der Waals surface area contributed by atoms with Gasteiger partial charge in [0.05, 0.1) is 6.54 Å². The number of imide groups is 1. The highest BCUT2D eigenvalue weighted by molar-refractivity contribution is 6.04. The van der Waals surface area contributed by atoms with E-state index in [9.17, 15) is 9.59 Å². The van der Waals surface area contributed by atoms with Crippen LogP contribution < -0.4 is 15.5 Å². The molecule has 1 aliphatic heterocycles. The second kappa shape index (κ2) is 5.40. The average molecular weight is 261 g/mol. The molecule has 2 N–H and O–H groups in total. The number of benzene rings is 1. The van der Waals surface area contributed by atoms with Crippen LogP contribution in [0.4, 0.5) is 5.69 Å². The quantitative estimate of drug-likeness (QED) is 0.781. The molecule has 0 aliphatic carbocycles. The Morgan fingerprint density at radius 2 is 2.16 bits per heavy atom. The number of hydrogen-bond acceptors (Lipinski definition) is 4. The molecule has 1 saturated heterocycles. The van der Waals surface area contributed by atoms with Gasteiger partial charge < -0.3 is 10.2 Å². The normalized spacial score (nSPS) is 19.5. The van der Waals surface area contributed by atoms with E-state index in [-0.39, 0.29) is 24.4 Å². The number of carbonyl (C=O) groups excluding carboxylic acids is 2. The summed E-state index contributed by atoms with van der Waals surface area (Å²) < 4.78 is 0. The second-order valence-electron chi connectivity index (χ2n) is 4.86. The number of anilines is 1. The summed E-state index contributed by atoms with van der Waals surface area (Å²) in [6.45, 7) is 4.87. The van der Waals surface area contributed by atoms with Crippen LogP contribution in [0.1, 0.15) is 18.1 Å². The molecule has 1 aromatic rings. The smallest absolute Gasteiger partial charge is 0.249 e. The molecule has 1 aromatic carbocycles. The fourth-order valence-corrected chi connectivity index (χ4v) is 2.28. The number of piperazine rings is 1. The number of nitrogens with zero attached hydrogens (tertiary/aromatic N) is 1. The van der Waals surface area contributed by atoms with Crippen molar-refractivity contribution in [2.75, 3.05) is 18.5 Å². The molecular formula is C14H19N3O2. The van der Waals surface area contributed by atoms with Crippen LogP contribution in [0.5, 0.6) is 0 Å². The first kappa shape index (κ1) is 13.5. The Morgan fingerprint density at radius 1 is 1.42 bits per heavy atom. The Morgan fingerprint density at radius 3 is 2.79 bits per heavy atom. The van der Waals surface area contributed by atoms with Crippen LogP contribution in [-0.2, 0) is 16.1 Å². The number of nitrogens with one attached hydrogen (secondary N) is 2. The predicted octanol–water partition coefficient (Wildman–Crippen LogP) is 0.566. The van der Waals surface area contributed by atoms with E-state index in [1.54, 1.807) is 6.92 Å². The van der Waals surface area contributed by atoms with Gasteiger partial charge in [-0.1, -0.05) is 6.07 Å². The number of aryl methyl sites for hydroxylation is 1. The third-order valence-corrected chi connectivity index (χ3v) is 3.45. The zero-order chi connectivity index (χ0) is 14.0. The second-order valence-corrected chi connectivity index (χ2v) is 4.86. The third kappa shape index (κ3) is 2.76. The van der Waals surface area contributed by atoms with E-state index in [4.69, 9.17) is 0 Å². The summed E-state index contributed by atoms with van der Waals surface area (Å²) >= 11 is 0. The summed E-state index contributed by atoms with van der Waals surface area (Å²) in [7, 11) is 1.91. The van der Waals surface area contributed by atoms with Gasteiger partial charge >= 0.3 is 0 Å². The van der Waals surface area contributed by atoms with Gasteiger partial charge in [0.15, 0.2) is 0 Å². The maximum Gasteiger partial charge on any atom is 0.249 e. The minimum Gasteiger partial charge on any atom is -0.350 e. The average Bonchev–Trinajstić information content (AvgIpc) is 2.36. The molecule has 0 bridgehead atoms. The Kier molecular flexibility index (Phi) is 3.85. The highest BCUT2D eigenvalue weighted by Gasteiger charge is 2.30. The molecule has 1 unspecified atom stereocenters. The lowest BCUT2D eigenvalue weighted by Crippen LogP contribution is -2.57. The monoisotopic (exact) mass is 261 g/mol. The van der Waals surface area contributed by atoms with Gasteiger partial charge in [-0.2, -0.15) is 0 Å². The van der Waals surface area contributed by atoms with Crippen molar-refractivity contribution in [3.8, 4) is 0 Å². The first-order chi connectivity index (χ1) is 9.02. The van der Waals surface area contributed by atoms with Crippen LogP contribution >= 0.6 is 0 Å². The molecule has 0 aromatic heterocycles. The van der Waals surface area contributed by atoms with Crippen molar-refractivity contribution >= 4 is 17.5 Å². The third-order valence-electron chi connectivity index (χ3n) is 3.45. The topological polar surface area (TPSA) is 61.4 Å². The molecule has 0 spiro atoms. The van der Waals surface area contributed by atoms with Gasteiger partial charge in [-0.25, -0.2) is 0 Å². The fourth-order valence-electron chi connectivity index (χ4n) is 2.28. The highest BCUT2D eigenvalue weighted by Crippen LogP contribution is 2.22. The molecule has 1 heterocycles. The number of amides is 2. The van der Waals surface area contributed by atoms with E-state index in [1.165, 1.54) is 5.56 Å². The summed E-state index contributed by atoms with van der Waals surface area (Å²) in [5.74, 6) is -0.492. The zero-order valence-electron chi connectivity index (χ0n) is 11.5. The molecule has 5 nitrogen and oxygen atoms in total. The molecule has 1 fully saturated rings. The maximum absolute atomic E-state index is 11.7. The standard InChI is InChI=1S/C14H19N3O2/c1-9-6-12(5-4-11(9)7-15-3)17-8-13(18)16-14(19)10(17)2/h4-6,10,15H,7-8H2,1-3H3,(H,16,18,19). The summed E-state index contributed by atoms with van der Waals surface area (Å²) in [5, 5.41) is 5.46. The summed E-state index contributed by atoms with van der Waals surface area (Å²) in [4.78, 5) is 25.0. The van der Waals surface area contributed by atoms with Gasteiger partial charge in [-0.3, -0.25) is 14.9 Å². The molecule has 2 rings (SSSR count). The molecule has 2 amide bonds. The maximum atomic E-state index is 11.7. The Hall–Kier alpha value is -1.88. The van der Waals surface area contributed by atoms with Crippen LogP contribution in [0.25, 0.3) is 0 Å². The largest absolute Gasteiger partial charge is 0.350 e. The van der Waals surface area contributed by atoms with Gasteiger partial charge in [0.2, 0.25) is 11.8 Å². The van der Waals surface area contributed by atoms with Crippen molar-refractivity contribution < 1.29 is 9.59 Å². The zero-order valence-corrected chi connectivity index (χ0v) is 11.5. The van der Waals surface area contributed by atoms with Crippen molar-refractivity contribution in [1.29, 1.82) is 0 Å². The number of carbonyl (C=O) groups is 2. The Bertz CT molecular complexity index is 513. The van der Waals surface area contributed by atoms with Crippen molar-refractivity contribution in [2.24, 2.45) is 0 Å². The van der Waals surface area contributed by atoms with Crippen molar-refractivity contribution in [1.82, 2.24) is 10.6 Å². The SMILES string of the molecule is CNCc1ccc(N2CC(=O)NC(=O)C2C)cc1C. The van der Waals surface area contributed by atoms with E-state index < -0.39 is 0 Å². The van der Waals surface area contributed by atoms with E-state index in [0.717, 1.165) is 17.8 Å². The molecule has 0 radical (unpaired) electrons. The molecule has 0 saturated carbocycles. The van der Waals surface area contributed by atoms with Crippen LogP contribution in [0, 0.1) is 6.92 Å². The first-order valence-corrected chi connectivity index (χ1v) is 6.37. The van der Waals surface area contributed by atoms with Crippen molar-refractivity contribution in [3.05, 3.63) is 29.3 Å². The Balaban J connectivity index is 2.28. The van der Waals surface area contributed by atoms with E-state index in [0.29, 0.717) is 0 Å². The van der Waals surface area contributed by atoms with E-state index >= 15 is 0 Å². The summed E-state index contributed by atoms with van der Waals surface area (Å²) in [6, 6.07) is 5.69. The molecule has 1 aliphatic rings. The van der Waals surface area contributed by atoms with Crippen molar-refractivity contribution in [3.63, 3.8) is 0 Å². The van der Waals surface area contributed by atoms with Crippen LogP contribution in [0.3, 0.4) is 0 Å². The lowest BCUT2D eigenvalue weighted by atomic mass is 10.1. The summed E-state index contributed by atoms with van der Waals surface area (Å²) in [6.07, 6.45) is 0. The van der Waals surface area contributed by atoms with E-state index in [1.807, 2.05) is 37.1 Å². The minimum absolute atomic E-state index is 0.220. The van der Waals surface area contributed by atoms with Gasteiger partial charge in [-0.15, -0.1) is 0 Å². The van der Waals surface area contributed by atoms with Crippen LogP contribution in [0.2, 0.25) is 0 Å². The van der Waals surface area contributed by atoms with Gasteiger partial charge in [0.25, 0.3) is 0 Å². The first-order valence-electron chi connectivity index (χ1n) is 6.37. The molecule has 102 valence electrons. The molecular weight excluding hydrogens is 242 g/mol. The molecule has 1 atom stereocenters. The minimum atomic E-state index is -0.327. The number of rotatable bonds is 3. The van der Waals surface area contributed by atoms with Crippen LogP contribution in [0.15, 0.2) is 18.2 Å². The lowest BCUT2D eigenvalue weighted by molar-refractivity contribution is -0.132. The van der Waals surface area contributed by atoms with Crippen LogP contribution in [-0.4, -0.2) is 31.4 Å². The summed E-state index contributed by atoms with van der Waals surface area (Å²) in [5.41, 5.74) is 3.28. The van der Waals surface area contributed by atoms with Gasteiger partial charge in [-0.05, 0) is 44.2 Å². The number of hydrogen-bond donors (Lipinski definition) is 2. The molecule has 19 heavy (non-hydrogen) atoms. The van der Waals surface area contributed by atoms with Gasteiger partial charge in [0.1, 0.15) is 6.04 Å². The fraction of sp³-hybridized carbons (Fsp3) is 0.429. The highest BCUT2D eigenvalue weighted by atomic mass is 16.2. The Labute approximate surface area is 113 Å².